The van der Waals surface area contributed by atoms with Gasteiger partial charge in [-0.3, -0.25) is 9.69 Å². The zero-order valence-corrected chi connectivity index (χ0v) is 12.7. The molecule has 1 amide bonds. The fourth-order valence-corrected chi connectivity index (χ4v) is 2.85. The van der Waals surface area contributed by atoms with E-state index in [2.05, 4.69) is 22.1 Å². The molecule has 5 nitrogen and oxygen atoms in total. The van der Waals surface area contributed by atoms with Crippen molar-refractivity contribution in [2.24, 2.45) is 0 Å². The second kappa shape index (κ2) is 6.45. The van der Waals surface area contributed by atoms with Gasteiger partial charge in [-0.1, -0.05) is 6.07 Å². The number of fused-ring (bicyclic) bond motifs is 1. The lowest BCUT2D eigenvalue weighted by Gasteiger charge is -2.34. The number of nitrogens with zero attached hydrogens (tertiary/aromatic N) is 4. The molecular weight excluding hydrogens is 288 g/mol. The Hall–Kier alpha value is -1.59. The molecule has 112 valence electrons. The first kappa shape index (κ1) is 14.4. The zero-order valence-electron chi connectivity index (χ0n) is 11.9. The van der Waals surface area contributed by atoms with E-state index in [4.69, 9.17) is 11.6 Å². The number of rotatable bonds is 4. The minimum Gasteiger partial charge on any atom is -0.340 e. The van der Waals surface area contributed by atoms with E-state index in [1.54, 1.807) is 0 Å². The van der Waals surface area contributed by atoms with Crippen molar-refractivity contribution < 1.29 is 4.79 Å². The van der Waals surface area contributed by atoms with Gasteiger partial charge in [0.1, 0.15) is 0 Å². The van der Waals surface area contributed by atoms with Crippen LogP contribution in [0, 0.1) is 0 Å². The summed E-state index contributed by atoms with van der Waals surface area (Å²) < 4.78 is 1.90. The van der Waals surface area contributed by atoms with Crippen molar-refractivity contribution in [1.82, 2.24) is 19.4 Å². The molecular formula is C15H19ClN4O. The lowest BCUT2D eigenvalue weighted by Crippen LogP contribution is -2.48. The van der Waals surface area contributed by atoms with Crippen molar-refractivity contribution in [3.63, 3.8) is 0 Å². The summed E-state index contributed by atoms with van der Waals surface area (Å²) in [6.07, 6.45) is 2.40. The topological polar surface area (TPSA) is 40.9 Å². The number of amides is 1. The molecule has 0 N–H and O–H groups in total. The predicted molar refractivity (Wildman–Crippen MR) is 82.4 cm³/mol. The number of halogens is 1. The van der Waals surface area contributed by atoms with Crippen LogP contribution in [0.4, 0.5) is 0 Å². The smallest absolute Gasteiger partial charge is 0.223 e. The summed E-state index contributed by atoms with van der Waals surface area (Å²) in [5, 5.41) is 4.57. The number of aromatic nitrogens is 2. The molecule has 21 heavy (non-hydrogen) atoms. The average Bonchev–Trinajstić information content (AvgIpc) is 2.90. The molecule has 0 aliphatic carbocycles. The SMILES string of the molecule is O=C(CCCl)N1CCN(Cc2cc3ccccn3n2)CC1. The van der Waals surface area contributed by atoms with Crippen LogP contribution in [0.15, 0.2) is 30.5 Å². The van der Waals surface area contributed by atoms with Crippen molar-refractivity contribution in [1.29, 1.82) is 0 Å². The third-order valence-corrected chi connectivity index (χ3v) is 4.03. The lowest BCUT2D eigenvalue weighted by molar-refractivity contribution is -0.132. The molecule has 1 saturated heterocycles. The van der Waals surface area contributed by atoms with E-state index in [-0.39, 0.29) is 5.91 Å². The Morgan fingerprint density at radius 2 is 2.05 bits per heavy atom. The second-order valence-corrected chi connectivity index (χ2v) is 5.68. The molecule has 0 spiro atoms. The molecule has 3 rings (SSSR count). The molecule has 3 heterocycles. The van der Waals surface area contributed by atoms with Crippen LogP contribution in [0.1, 0.15) is 12.1 Å². The van der Waals surface area contributed by atoms with Gasteiger partial charge in [0.05, 0.1) is 11.2 Å². The molecule has 1 fully saturated rings. The van der Waals surface area contributed by atoms with Crippen LogP contribution in [0.2, 0.25) is 0 Å². The fraction of sp³-hybridized carbons (Fsp3) is 0.467. The largest absolute Gasteiger partial charge is 0.340 e. The lowest BCUT2D eigenvalue weighted by atomic mass is 10.2. The van der Waals surface area contributed by atoms with Crippen LogP contribution in [0.5, 0.6) is 0 Å². The summed E-state index contributed by atoms with van der Waals surface area (Å²) in [5.74, 6) is 0.567. The van der Waals surface area contributed by atoms with Crippen molar-refractivity contribution in [3.05, 3.63) is 36.2 Å². The van der Waals surface area contributed by atoms with Crippen molar-refractivity contribution in [3.8, 4) is 0 Å². The first-order valence-electron chi connectivity index (χ1n) is 7.25. The van der Waals surface area contributed by atoms with Crippen molar-refractivity contribution in [2.75, 3.05) is 32.1 Å². The Morgan fingerprint density at radius 3 is 2.76 bits per heavy atom. The molecule has 1 aliphatic rings. The van der Waals surface area contributed by atoms with Gasteiger partial charge in [-0.05, 0) is 18.2 Å². The third-order valence-electron chi connectivity index (χ3n) is 3.84. The molecule has 6 heteroatoms. The Morgan fingerprint density at radius 1 is 1.24 bits per heavy atom. The van der Waals surface area contributed by atoms with E-state index in [1.807, 2.05) is 27.7 Å². The Bertz CT molecular complexity index is 586. The zero-order chi connectivity index (χ0) is 14.7. The third kappa shape index (κ3) is 3.36. The van der Waals surface area contributed by atoms with Gasteiger partial charge in [0.2, 0.25) is 5.91 Å². The number of carbonyl (C=O) groups is 1. The van der Waals surface area contributed by atoms with E-state index < -0.39 is 0 Å². The summed E-state index contributed by atoms with van der Waals surface area (Å²) in [5.41, 5.74) is 2.19. The highest BCUT2D eigenvalue weighted by Crippen LogP contribution is 2.11. The first-order valence-corrected chi connectivity index (χ1v) is 7.79. The van der Waals surface area contributed by atoms with Gasteiger partial charge >= 0.3 is 0 Å². The maximum atomic E-state index is 11.8. The monoisotopic (exact) mass is 306 g/mol. The van der Waals surface area contributed by atoms with E-state index >= 15 is 0 Å². The number of hydrogen-bond acceptors (Lipinski definition) is 3. The molecule has 0 atom stereocenters. The summed E-state index contributed by atoms with van der Waals surface area (Å²) in [7, 11) is 0. The van der Waals surface area contributed by atoms with Crippen molar-refractivity contribution in [2.45, 2.75) is 13.0 Å². The van der Waals surface area contributed by atoms with Gasteiger partial charge in [0.15, 0.2) is 0 Å². The maximum Gasteiger partial charge on any atom is 0.223 e. The number of pyridine rings is 1. The van der Waals surface area contributed by atoms with Crippen LogP contribution in [-0.4, -0.2) is 57.4 Å². The number of piperazine rings is 1. The number of hydrogen-bond donors (Lipinski definition) is 0. The fourth-order valence-electron chi connectivity index (χ4n) is 2.69. The minimum atomic E-state index is 0.164. The second-order valence-electron chi connectivity index (χ2n) is 5.30. The summed E-state index contributed by atoms with van der Waals surface area (Å²) >= 11 is 5.62. The van der Waals surface area contributed by atoms with Gasteiger partial charge in [-0.25, -0.2) is 4.52 Å². The van der Waals surface area contributed by atoms with E-state index in [0.717, 1.165) is 43.9 Å². The van der Waals surface area contributed by atoms with Crippen LogP contribution in [0.3, 0.4) is 0 Å². The van der Waals surface area contributed by atoms with Crippen LogP contribution < -0.4 is 0 Å². The quantitative estimate of drug-likeness (QED) is 0.806. The number of carbonyl (C=O) groups excluding carboxylic acids is 1. The molecule has 2 aromatic rings. The molecule has 0 unspecified atom stereocenters. The van der Waals surface area contributed by atoms with Gasteiger partial charge in [0.25, 0.3) is 0 Å². The highest BCUT2D eigenvalue weighted by Gasteiger charge is 2.21. The Kier molecular flexibility index (Phi) is 4.41. The molecule has 0 aromatic carbocycles. The Balaban J connectivity index is 1.56. The summed E-state index contributed by atoms with van der Waals surface area (Å²) in [4.78, 5) is 16.0. The molecule has 0 saturated carbocycles. The van der Waals surface area contributed by atoms with Gasteiger partial charge in [0, 0.05) is 51.2 Å². The van der Waals surface area contributed by atoms with E-state index in [9.17, 15) is 4.79 Å². The van der Waals surface area contributed by atoms with Crippen LogP contribution in [0.25, 0.3) is 5.52 Å². The molecule has 2 aromatic heterocycles. The Labute approximate surface area is 129 Å². The molecule has 1 aliphatic heterocycles. The highest BCUT2D eigenvalue weighted by molar-refractivity contribution is 6.18. The van der Waals surface area contributed by atoms with Crippen LogP contribution >= 0.6 is 11.6 Å². The predicted octanol–water partition coefficient (Wildman–Crippen LogP) is 1.61. The molecule has 0 bridgehead atoms. The summed E-state index contributed by atoms with van der Waals surface area (Å²) in [6.45, 7) is 4.18. The minimum absolute atomic E-state index is 0.164. The summed E-state index contributed by atoms with van der Waals surface area (Å²) in [6, 6.07) is 8.16. The maximum absolute atomic E-state index is 11.8. The van der Waals surface area contributed by atoms with Gasteiger partial charge in [-0.15, -0.1) is 11.6 Å². The number of alkyl halides is 1. The van der Waals surface area contributed by atoms with E-state index in [0.29, 0.717) is 12.3 Å². The van der Waals surface area contributed by atoms with E-state index in [1.165, 1.54) is 0 Å². The molecule has 0 radical (unpaired) electrons. The van der Waals surface area contributed by atoms with Gasteiger partial charge < -0.3 is 4.90 Å². The first-order chi connectivity index (χ1) is 10.3. The highest BCUT2D eigenvalue weighted by atomic mass is 35.5. The van der Waals surface area contributed by atoms with Crippen molar-refractivity contribution >= 4 is 23.0 Å². The van der Waals surface area contributed by atoms with Crippen LogP contribution in [-0.2, 0) is 11.3 Å². The standard InChI is InChI=1S/C15H19ClN4O/c16-5-4-15(21)19-9-7-18(8-10-19)12-13-11-14-3-1-2-6-20(14)17-13/h1-3,6,11H,4-5,7-10,12H2. The normalized spacial score (nSPS) is 16.5. The van der Waals surface area contributed by atoms with Gasteiger partial charge in [-0.2, -0.15) is 5.10 Å². The average molecular weight is 307 g/mol.